The monoisotopic (exact) mass is 190 g/mol. The molecule has 0 unspecified atom stereocenters. The molecule has 0 amide bonds. The van der Waals surface area contributed by atoms with E-state index in [-0.39, 0.29) is 0 Å². The van der Waals surface area contributed by atoms with Gasteiger partial charge in [-0.2, -0.15) is 0 Å². The van der Waals surface area contributed by atoms with Crippen molar-refractivity contribution in [1.29, 1.82) is 0 Å². The molecule has 0 radical (unpaired) electrons. The molecular formula is C13H18O. The molecule has 0 aromatic rings. The minimum Gasteiger partial charge on any atom is -0.298 e. The maximum Gasteiger partial charge on any atom is 0.146 e. The highest BCUT2D eigenvalue weighted by Crippen LogP contribution is 2.21. The van der Waals surface area contributed by atoms with E-state index in [1.165, 1.54) is 11.1 Å². The van der Waals surface area contributed by atoms with Crippen molar-refractivity contribution in [3.8, 4) is 0 Å². The smallest absolute Gasteiger partial charge is 0.146 e. The highest BCUT2D eigenvalue weighted by molar-refractivity contribution is 5.74. The summed E-state index contributed by atoms with van der Waals surface area (Å²) in [5, 5.41) is 0. The van der Waals surface area contributed by atoms with Gasteiger partial charge in [-0.25, -0.2) is 0 Å². The number of carbonyl (C=O) groups is 1. The van der Waals surface area contributed by atoms with E-state index in [4.69, 9.17) is 0 Å². The zero-order chi connectivity index (χ0) is 10.4. The van der Waals surface area contributed by atoms with Crippen LogP contribution in [0.15, 0.2) is 34.9 Å². The van der Waals surface area contributed by atoms with Gasteiger partial charge in [-0.1, -0.05) is 29.4 Å². The van der Waals surface area contributed by atoms with Crippen LogP contribution in [-0.2, 0) is 4.79 Å². The zero-order valence-electron chi connectivity index (χ0n) is 9.05. The van der Waals surface area contributed by atoms with Crippen molar-refractivity contribution < 1.29 is 4.79 Å². The Morgan fingerprint density at radius 3 is 2.64 bits per heavy atom. The van der Waals surface area contributed by atoms with Gasteiger partial charge in [-0.3, -0.25) is 4.79 Å². The summed E-state index contributed by atoms with van der Waals surface area (Å²) >= 11 is 0. The molecule has 0 saturated carbocycles. The van der Waals surface area contributed by atoms with Crippen LogP contribution < -0.4 is 0 Å². The molecule has 0 atom stereocenters. The highest BCUT2D eigenvalue weighted by Gasteiger charge is 2.04. The number of aldehydes is 1. The molecule has 1 heteroatoms. The maximum absolute atomic E-state index is 10.5. The van der Waals surface area contributed by atoms with Crippen LogP contribution in [0.2, 0.25) is 0 Å². The molecule has 0 N–H and O–H groups in total. The summed E-state index contributed by atoms with van der Waals surface area (Å²) in [7, 11) is 0. The molecule has 0 aromatic heterocycles. The lowest BCUT2D eigenvalue weighted by atomic mass is 9.96. The summed E-state index contributed by atoms with van der Waals surface area (Å²) in [6.45, 7) is 4.25. The average Bonchev–Trinajstić information content (AvgIpc) is 2.18. The third kappa shape index (κ3) is 3.73. The molecule has 1 nitrogen and oxygen atoms in total. The molecule has 0 aliphatic heterocycles. The summed E-state index contributed by atoms with van der Waals surface area (Å²) < 4.78 is 0. The Balaban J connectivity index is 2.40. The second kappa shape index (κ2) is 5.58. The fourth-order valence-electron chi connectivity index (χ4n) is 1.55. The summed E-state index contributed by atoms with van der Waals surface area (Å²) in [4.78, 5) is 10.5. The van der Waals surface area contributed by atoms with E-state index in [2.05, 4.69) is 26.0 Å². The van der Waals surface area contributed by atoms with Gasteiger partial charge in [0.2, 0.25) is 0 Å². The zero-order valence-corrected chi connectivity index (χ0v) is 9.05. The molecular weight excluding hydrogens is 172 g/mol. The van der Waals surface area contributed by atoms with Gasteiger partial charge in [0.15, 0.2) is 0 Å². The van der Waals surface area contributed by atoms with Crippen LogP contribution in [0.25, 0.3) is 0 Å². The molecule has 76 valence electrons. The van der Waals surface area contributed by atoms with Crippen LogP contribution in [0.4, 0.5) is 0 Å². The summed E-state index contributed by atoms with van der Waals surface area (Å²) in [6, 6.07) is 0. The molecule has 0 aromatic carbocycles. The molecule has 1 rings (SSSR count). The first kappa shape index (κ1) is 11.0. The summed E-state index contributed by atoms with van der Waals surface area (Å²) in [6.07, 6.45) is 11.5. The first-order valence-electron chi connectivity index (χ1n) is 5.19. The molecule has 1 aliphatic rings. The third-order valence-corrected chi connectivity index (χ3v) is 2.44. The Hall–Kier alpha value is -1.11. The predicted molar refractivity (Wildman–Crippen MR) is 60.1 cm³/mol. The van der Waals surface area contributed by atoms with Gasteiger partial charge < -0.3 is 0 Å². The van der Waals surface area contributed by atoms with Crippen molar-refractivity contribution in [2.75, 3.05) is 0 Å². The van der Waals surface area contributed by atoms with E-state index in [0.717, 1.165) is 37.5 Å². The van der Waals surface area contributed by atoms with Crippen LogP contribution in [-0.4, -0.2) is 6.29 Å². The van der Waals surface area contributed by atoms with Crippen molar-refractivity contribution in [3.63, 3.8) is 0 Å². The third-order valence-electron chi connectivity index (χ3n) is 2.44. The SMILES string of the molecule is CC(C)=CCCC1=CC=C(C=O)CC1. The molecule has 1 aliphatic carbocycles. The van der Waals surface area contributed by atoms with E-state index < -0.39 is 0 Å². The molecule has 0 fully saturated rings. The van der Waals surface area contributed by atoms with Gasteiger partial charge in [0.05, 0.1) is 0 Å². The van der Waals surface area contributed by atoms with Crippen LogP contribution in [0.1, 0.15) is 39.5 Å². The van der Waals surface area contributed by atoms with E-state index >= 15 is 0 Å². The lowest BCUT2D eigenvalue weighted by Crippen LogP contribution is -1.94. The fourth-order valence-corrected chi connectivity index (χ4v) is 1.55. The second-order valence-electron chi connectivity index (χ2n) is 4.00. The number of hydrogen-bond donors (Lipinski definition) is 0. The number of hydrogen-bond acceptors (Lipinski definition) is 1. The number of carbonyl (C=O) groups excluding carboxylic acids is 1. The predicted octanol–water partition coefficient (Wildman–Crippen LogP) is 3.58. The first-order valence-corrected chi connectivity index (χ1v) is 5.19. The van der Waals surface area contributed by atoms with Gasteiger partial charge in [-0.15, -0.1) is 0 Å². The second-order valence-corrected chi connectivity index (χ2v) is 4.00. The minimum atomic E-state index is 0.921. The van der Waals surface area contributed by atoms with E-state index in [1.54, 1.807) is 0 Å². The normalized spacial score (nSPS) is 15.6. The Morgan fingerprint density at radius 1 is 1.36 bits per heavy atom. The summed E-state index contributed by atoms with van der Waals surface area (Å²) in [5.41, 5.74) is 3.77. The largest absolute Gasteiger partial charge is 0.298 e. The molecule has 14 heavy (non-hydrogen) atoms. The fraction of sp³-hybridized carbons (Fsp3) is 0.462. The lowest BCUT2D eigenvalue weighted by molar-refractivity contribution is -0.105. The molecule has 0 bridgehead atoms. The molecule has 0 heterocycles. The first-order chi connectivity index (χ1) is 6.72. The highest BCUT2D eigenvalue weighted by atomic mass is 16.1. The number of rotatable bonds is 4. The van der Waals surface area contributed by atoms with Gasteiger partial charge in [-0.05, 0) is 45.1 Å². The number of allylic oxidation sites excluding steroid dienone is 6. The molecule has 0 spiro atoms. The standard InChI is InChI=1S/C13H18O/c1-11(2)4-3-5-12-6-8-13(10-14)9-7-12/h4,6,8,10H,3,5,7,9H2,1-2H3. The van der Waals surface area contributed by atoms with Gasteiger partial charge in [0, 0.05) is 0 Å². The van der Waals surface area contributed by atoms with Crippen LogP contribution in [0, 0.1) is 0 Å². The van der Waals surface area contributed by atoms with Crippen LogP contribution in [0.3, 0.4) is 0 Å². The van der Waals surface area contributed by atoms with Crippen molar-refractivity contribution >= 4 is 6.29 Å². The minimum absolute atomic E-state index is 0.921. The Kier molecular flexibility index (Phi) is 4.37. The van der Waals surface area contributed by atoms with Crippen molar-refractivity contribution in [2.24, 2.45) is 0 Å². The average molecular weight is 190 g/mol. The van der Waals surface area contributed by atoms with Gasteiger partial charge in [0.1, 0.15) is 6.29 Å². The van der Waals surface area contributed by atoms with Crippen molar-refractivity contribution in [2.45, 2.75) is 39.5 Å². The van der Waals surface area contributed by atoms with Crippen molar-refractivity contribution in [3.05, 3.63) is 34.9 Å². The Morgan fingerprint density at radius 2 is 2.14 bits per heavy atom. The van der Waals surface area contributed by atoms with E-state index in [9.17, 15) is 4.79 Å². The van der Waals surface area contributed by atoms with Crippen LogP contribution >= 0.6 is 0 Å². The van der Waals surface area contributed by atoms with E-state index in [0.29, 0.717) is 0 Å². The quantitative estimate of drug-likeness (QED) is 0.489. The Labute approximate surface area is 86.2 Å². The summed E-state index contributed by atoms with van der Waals surface area (Å²) in [5.74, 6) is 0. The lowest BCUT2D eigenvalue weighted by Gasteiger charge is -2.10. The Bertz CT molecular complexity index is 288. The van der Waals surface area contributed by atoms with Crippen molar-refractivity contribution in [1.82, 2.24) is 0 Å². The van der Waals surface area contributed by atoms with Crippen LogP contribution in [0.5, 0.6) is 0 Å². The topological polar surface area (TPSA) is 17.1 Å². The van der Waals surface area contributed by atoms with Gasteiger partial charge in [0.25, 0.3) is 0 Å². The van der Waals surface area contributed by atoms with E-state index in [1.807, 2.05) is 6.08 Å². The van der Waals surface area contributed by atoms with Gasteiger partial charge >= 0.3 is 0 Å². The maximum atomic E-state index is 10.5. The molecule has 0 saturated heterocycles.